The topological polar surface area (TPSA) is 75.5 Å². The second-order valence-corrected chi connectivity index (χ2v) is 9.55. The normalized spacial score (nSPS) is 15.9. The average molecular weight is 455 g/mol. The fourth-order valence-electron chi connectivity index (χ4n) is 3.29. The Morgan fingerprint density at radius 3 is 2.41 bits per heavy atom. The number of aryl methyl sites for hydroxylation is 2. The Morgan fingerprint density at radius 1 is 1.19 bits per heavy atom. The molecule has 7 nitrogen and oxygen atoms in total. The lowest BCUT2D eigenvalue weighted by Gasteiger charge is -2.34. The van der Waals surface area contributed by atoms with E-state index in [2.05, 4.69) is 21.0 Å². The summed E-state index contributed by atoms with van der Waals surface area (Å²) in [5.74, 6) is 0.00806. The number of piperazine rings is 1. The number of benzene rings is 1. The molecule has 9 heteroatoms. The van der Waals surface area contributed by atoms with Crippen LogP contribution in [0.1, 0.15) is 17.0 Å². The van der Waals surface area contributed by atoms with E-state index in [0.29, 0.717) is 32.6 Å². The van der Waals surface area contributed by atoms with Crippen molar-refractivity contribution in [3.63, 3.8) is 0 Å². The van der Waals surface area contributed by atoms with Crippen molar-refractivity contribution in [1.82, 2.24) is 19.0 Å². The number of halogens is 1. The number of hydrogen-bond donors (Lipinski definition) is 0. The maximum Gasteiger partial charge on any atom is 0.243 e. The van der Waals surface area contributed by atoms with E-state index in [9.17, 15) is 13.2 Å². The lowest BCUT2D eigenvalue weighted by atomic mass is 10.1. The first kappa shape index (κ1) is 20.0. The zero-order chi connectivity index (χ0) is 19.8. The van der Waals surface area contributed by atoms with Gasteiger partial charge < -0.3 is 4.90 Å². The number of amides is 1. The highest BCUT2D eigenvalue weighted by atomic mass is 79.9. The summed E-state index contributed by atoms with van der Waals surface area (Å²) in [6.45, 7) is 5.23. The molecule has 2 aromatic rings. The molecular formula is C18H23BrN4O3S. The first-order chi connectivity index (χ1) is 12.7. The minimum atomic E-state index is -3.55. The SMILES string of the molecule is Cc1nn(C)c(C)c1CC(=O)N1CCN(S(=O)(=O)c2cccc(Br)c2)CC1. The number of carbonyl (C=O) groups is 1. The number of carbonyl (C=O) groups excluding carboxylic acids is 1. The Bertz CT molecular complexity index is 963. The highest BCUT2D eigenvalue weighted by Crippen LogP contribution is 2.22. The number of aromatic nitrogens is 2. The molecule has 0 aliphatic carbocycles. The third-order valence-corrected chi connectivity index (χ3v) is 7.40. The lowest BCUT2D eigenvalue weighted by Crippen LogP contribution is -2.50. The molecule has 1 aromatic heterocycles. The van der Waals surface area contributed by atoms with Crippen LogP contribution in [0.4, 0.5) is 0 Å². The van der Waals surface area contributed by atoms with Crippen molar-refractivity contribution >= 4 is 31.9 Å². The third-order valence-electron chi connectivity index (χ3n) is 5.01. The summed E-state index contributed by atoms with van der Waals surface area (Å²) in [6, 6.07) is 6.68. The molecule has 0 bridgehead atoms. The lowest BCUT2D eigenvalue weighted by molar-refractivity contribution is -0.131. The fourth-order valence-corrected chi connectivity index (χ4v) is 5.31. The number of nitrogens with zero attached hydrogens (tertiary/aromatic N) is 4. The Kier molecular flexibility index (Phi) is 5.73. The molecule has 146 valence electrons. The van der Waals surface area contributed by atoms with Crippen molar-refractivity contribution < 1.29 is 13.2 Å². The van der Waals surface area contributed by atoms with Crippen LogP contribution in [0.5, 0.6) is 0 Å². The zero-order valence-corrected chi connectivity index (χ0v) is 18.0. The molecule has 0 atom stereocenters. The van der Waals surface area contributed by atoms with Crippen molar-refractivity contribution in [2.45, 2.75) is 25.2 Å². The minimum Gasteiger partial charge on any atom is -0.340 e. The van der Waals surface area contributed by atoms with Gasteiger partial charge in [-0.15, -0.1) is 0 Å². The van der Waals surface area contributed by atoms with E-state index in [1.165, 1.54) is 4.31 Å². The van der Waals surface area contributed by atoms with Crippen LogP contribution in [-0.2, 0) is 28.3 Å². The molecule has 0 saturated carbocycles. The number of rotatable bonds is 4. The minimum absolute atomic E-state index is 0.00806. The fraction of sp³-hybridized carbons (Fsp3) is 0.444. The number of hydrogen-bond acceptors (Lipinski definition) is 4. The summed E-state index contributed by atoms with van der Waals surface area (Å²) in [6.07, 6.45) is 0.296. The smallest absolute Gasteiger partial charge is 0.243 e. The van der Waals surface area contributed by atoms with Crippen LogP contribution in [-0.4, -0.2) is 59.5 Å². The van der Waals surface area contributed by atoms with Gasteiger partial charge in [0.05, 0.1) is 17.0 Å². The van der Waals surface area contributed by atoms with E-state index in [1.807, 2.05) is 20.9 Å². The van der Waals surface area contributed by atoms with E-state index in [-0.39, 0.29) is 10.8 Å². The van der Waals surface area contributed by atoms with Crippen LogP contribution in [0.25, 0.3) is 0 Å². The first-order valence-electron chi connectivity index (χ1n) is 8.72. The maximum absolute atomic E-state index is 12.8. The number of sulfonamides is 1. The molecule has 1 saturated heterocycles. The van der Waals surface area contributed by atoms with Crippen LogP contribution in [0.3, 0.4) is 0 Å². The molecule has 0 spiro atoms. The van der Waals surface area contributed by atoms with Gasteiger partial charge in [0.15, 0.2) is 0 Å². The third kappa shape index (κ3) is 4.09. The second kappa shape index (κ2) is 7.73. The highest BCUT2D eigenvalue weighted by molar-refractivity contribution is 9.10. The monoisotopic (exact) mass is 454 g/mol. The molecule has 0 unspecified atom stereocenters. The van der Waals surface area contributed by atoms with Gasteiger partial charge in [-0.3, -0.25) is 9.48 Å². The van der Waals surface area contributed by atoms with E-state index in [4.69, 9.17) is 0 Å². The summed E-state index contributed by atoms with van der Waals surface area (Å²) < 4.78 is 29.5. The standard InChI is InChI=1S/C18H23BrN4O3S/c1-13-17(14(2)21(3)20-13)12-18(24)22-7-9-23(10-8-22)27(25,26)16-6-4-5-15(19)11-16/h4-6,11H,7-10,12H2,1-3H3. The second-order valence-electron chi connectivity index (χ2n) is 6.69. The predicted octanol–water partition coefficient (Wildman–Crippen LogP) is 1.88. The van der Waals surface area contributed by atoms with E-state index in [1.54, 1.807) is 33.8 Å². The summed E-state index contributed by atoms with van der Waals surface area (Å²) in [5.41, 5.74) is 2.79. The van der Waals surface area contributed by atoms with Gasteiger partial charge >= 0.3 is 0 Å². The highest BCUT2D eigenvalue weighted by Gasteiger charge is 2.30. The molecule has 27 heavy (non-hydrogen) atoms. The first-order valence-corrected chi connectivity index (χ1v) is 11.0. The van der Waals surface area contributed by atoms with Crippen LogP contribution >= 0.6 is 15.9 Å². The van der Waals surface area contributed by atoms with Crippen LogP contribution in [0, 0.1) is 13.8 Å². The summed E-state index contributed by atoms with van der Waals surface area (Å²) in [7, 11) is -1.69. The van der Waals surface area contributed by atoms with Crippen molar-refractivity contribution in [1.29, 1.82) is 0 Å². The Hall–Kier alpha value is -1.71. The Balaban J connectivity index is 1.65. The Morgan fingerprint density at radius 2 is 1.85 bits per heavy atom. The maximum atomic E-state index is 12.8. The molecular weight excluding hydrogens is 432 g/mol. The Labute approximate surface area is 168 Å². The van der Waals surface area contributed by atoms with Gasteiger partial charge in [0.1, 0.15) is 0 Å². The van der Waals surface area contributed by atoms with Gasteiger partial charge in [-0.2, -0.15) is 9.40 Å². The van der Waals surface area contributed by atoms with Crippen molar-refractivity contribution in [3.05, 3.63) is 45.7 Å². The van der Waals surface area contributed by atoms with Gasteiger partial charge in [-0.05, 0) is 32.0 Å². The molecule has 2 heterocycles. The summed E-state index contributed by atoms with van der Waals surface area (Å²) in [4.78, 5) is 14.7. The molecule has 0 radical (unpaired) electrons. The molecule has 1 fully saturated rings. The van der Waals surface area contributed by atoms with E-state index >= 15 is 0 Å². The summed E-state index contributed by atoms with van der Waals surface area (Å²) in [5, 5.41) is 4.35. The quantitative estimate of drug-likeness (QED) is 0.706. The zero-order valence-electron chi connectivity index (χ0n) is 15.6. The van der Waals surface area contributed by atoms with Crippen LogP contribution in [0.2, 0.25) is 0 Å². The van der Waals surface area contributed by atoms with E-state index in [0.717, 1.165) is 21.4 Å². The molecule has 3 rings (SSSR count). The molecule has 0 N–H and O–H groups in total. The van der Waals surface area contributed by atoms with Crippen LogP contribution < -0.4 is 0 Å². The average Bonchev–Trinajstić information content (AvgIpc) is 2.88. The van der Waals surface area contributed by atoms with Gasteiger partial charge in [-0.25, -0.2) is 8.42 Å². The summed E-state index contributed by atoms with van der Waals surface area (Å²) >= 11 is 3.31. The van der Waals surface area contributed by atoms with E-state index < -0.39 is 10.0 Å². The molecule has 1 aliphatic rings. The largest absolute Gasteiger partial charge is 0.340 e. The molecule has 1 aliphatic heterocycles. The van der Waals surface area contributed by atoms with Crippen LogP contribution in [0.15, 0.2) is 33.6 Å². The van der Waals surface area contributed by atoms with Gasteiger partial charge in [0.2, 0.25) is 15.9 Å². The van der Waals surface area contributed by atoms with Gasteiger partial charge in [0.25, 0.3) is 0 Å². The van der Waals surface area contributed by atoms with Gasteiger partial charge in [0, 0.05) is 49.0 Å². The predicted molar refractivity (Wildman–Crippen MR) is 106 cm³/mol. The van der Waals surface area contributed by atoms with Gasteiger partial charge in [-0.1, -0.05) is 22.0 Å². The van der Waals surface area contributed by atoms with Crippen molar-refractivity contribution in [3.8, 4) is 0 Å². The van der Waals surface area contributed by atoms with Crippen molar-refractivity contribution in [2.75, 3.05) is 26.2 Å². The molecule has 1 aromatic carbocycles. The molecule has 1 amide bonds. The van der Waals surface area contributed by atoms with Crippen molar-refractivity contribution in [2.24, 2.45) is 7.05 Å².